The topological polar surface area (TPSA) is 34.9 Å². The molecule has 0 aliphatic heterocycles. The second-order valence-corrected chi connectivity index (χ2v) is 3.40. The van der Waals surface area contributed by atoms with Crippen LogP contribution in [0, 0.1) is 0 Å². The van der Waals surface area contributed by atoms with E-state index >= 15 is 0 Å². The van der Waals surface area contributed by atoms with Crippen LogP contribution in [-0.4, -0.2) is 15.8 Å². The predicted molar refractivity (Wildman–Crippen MR) is 57.9 cm³/mol. The number of hydrogen-bond acceptors (Lipinski definition) is 2. The van der Waals surface area contributed by atoms with Gasteiger partial charge in [0.2, 0.25) is 0 Å². The van der Waals surface area contributed by atoms with Gasteiger partial charge < -0.3 is 4.57 Å². The molecule has 3 heteroatoms. The Kier molecular flexibility index (Phi) is 2.63. The lowest BCUT2D eigenvalue weighted by molar-refractivity contribution is 0.111. The molecule has 0 amide bonds. The molecular formula is C12H12N2O. The molecule has 76 valence electrons. The number of hydrogen-bond donors (Lipinski definition) is 0. The predicted octanol–water partition coefficient (Wildman–Crippen LogP) is 2.30. The molecule has 0 aliphatic carbocycles. The Labute approximate surface area is 88.4 Å². The number of imidazole rings is 1. The molecule has 0 spiro atoms. The van der Waals surface area contributed by atoms with E-state index in [2.05, 4.69) is 4.98 Å². The summed E-state index contributed by atoms with van der Waals surface area (Å²) in [5, 5.41) is 0. The Morgan fingerprint density at radius 1 is 1.33 bits per heavy atom. The number of carbonyl (C=O) groups is 1. The Morgan fingerprint density at radius 2 is 2.07 bits per heavy atom. The third kappa shape index (κ3) is 1.81. The molecule has 0 aliphatic rings. The summed E-state index contributed by atoms with van der Waals surface area (Å²) in [6, 6.07) is 10.2. The van der Waals surface area contributed by atoms with Gasteiger partial charge in [-0.05, 0) is 12.5 Å². The van der Waals surface area contributed by atoms with Gasteiger partial charge in [0.25, 0.3) is 0 Å². The standard InChI is InChI=1S/C12H12N2O/c1-10(11-5-3-2-4-6-11)14-8-7-13-12(14)9-15/h2-10H,1H3. The Bertz CT molecular complexity index is 448. The summed E-state index contributed by atoms with van der Waals surface area (Å²) in [6.07, 6.45) is 4.24. The van der Waals surface area contributed by atoms with E-state index in [1.54, 1.807) is 6.20 Å². The third-order valence-corrected chi connectivity index (χ3v) is 2.50. The highest BCUT2D eigenvalue weighted by atomic mass is 16.1. The molecule has 3 nitrogen and oxygen atoms in total. The highest BCUT2D eigenvalue weighted by molar-refractivity contribution is 5.69. The normalized spacial score (nSPS) is 12.3. The van der Waals surface area contributed by atoms with E-state index in [4.69, 9.17) is 0 Å². The maximum Gasteiger partial charge on any atom is 0.185 e. The zero-order valence-electron chi connectivity index (χ0n) is 8.50. The fourth-order valence-electron chi connectivity index (χ4n) is 1.64. The lowest BCUT2D eigenvalue weighted by Gasteiger charge is -2.14. The van der Waals surface area contributed by atoms with Crippen LogP contribution in [0.1, 0.15) is 29.1 Å². The molecule has 1 atom stereocenters. The summed E-state index contributed by atoms with van der Waals surface area (Å²) in [5.41, 5.74) is 1.17. The van der Waals surface area contributed by atoms with Crippen molar-refractivity contribution in [3.8, 4) is 0 Å². The first-order chi connectivity index (χ1) is 7.33. The molecule has 2 aromatic rings. The van der Waals surface area contributed by atoms with Crippen molar-refractivity contribution in [2.24, 2.45) is 0 Å². The van der Waals surface area contributed by atoms with E-state index in [1.165, 1.54) is 5.56 Å². The lowest BCUT2D eigenvalue weighted by atomic mass is 10.1. The van der Waals surface area contributed by atoms with E-state index in [9.17, 15) is 4.79 Å². The zero-order chi connectivity index (χ0) is 10.7. The maximum atomic E-state index is 10.7. The van der Waals surface area contributed by atoms with Gasteiger partial charge in [0.1, 0.15) is 0 Å². The average Bonchev–Trinajstić information content (AvgIpc) is 2.77. The molecule has 0 radical (unpaired) electrons. The first-order valence-electron chi connectivity index (χ1n) is 4.86. The smallest absolute Gasteiger partial charge is 0.185 e. The van der Waals surface area contributed by atoms with Crippen molar-refractivity contribution in [3.05, 3.63) is 54.1 Å². The minimum atomic E-state index is 0.133. The third-order valence-electron chi connectivity index (χ3n) is 2.50. The summed E-state index contributed by atoms with van der Waals surface area (Å²) in [5.74, 6) is 0.464. The molecule has 1 aromatic carbocycles. The van der Waals surface area contributed by atoms with Gasteiger partial charge in [0.15, 0.2) is 12.1 Å². The second-order valence-electron chi connectivity index (χ2n) is 3.40. The molecule has 1 unspecified atom stereocenters. The average molecular weight is 200 g/mol. The van der Waals surface area contributed by atoms with Gasteiger partial charge in [-0.15, -0.1) is 0 Å². The number of rotatable bonds is 3. The highest BCUT2D eigenvalue weighted by Crippen LogP contribution is 2.17. The molecule has 1 heterocycles. The van der Waals surface area contributed by atoms with Crippen molar-refractivity contribution in [3.63, 3.8) is 0 Å². The Morgan fingerprint density at radius 3 is 2.73 bits per heavy atom. The Hall–Kier alpha value is -1.90. The number of aldehydes is 1. The SMILES string of the molecule is CC(c1ccccc1)n1ccnc1C=O. The van der Waals surface area contributed by atoms with Crippen molar-refractivity contribution in [1.29, 1.82) is 0 Å². The summed E-state index contributed by atoms with van der Waals surface area (Å²) in [6.45, 7) is 2.05. The van der Waals surface area contributed by atoms with E-state index in [0.29, 0.717) is 5.82 Å². The molecule has 0 bridgehead atoms. The molecule has 0 saturated carbocycles. The van der Waals surface area contributed by atoms with Crippen LogP contribution in [0.2, 0.25) is 0 Å². The first-order valence-corrected chi connectivity index (χ1v) is 4.86. The molecular weight excluding hydrogens is 188 g/mol. The number of benzene rings is 1. The van der Waals surface area contributed by atoms with E-state index in [-0.39, 0.29) is 6.04 Å². The van der Waals surface area contributed by atoms with Crippen LogP contribution in [0.3, 0.4) is 0 Å². The van der Waals surface area contributed by atoms with E-state index in [0.717, 1.165) is 6.29 Å². The quantitative estimate of drug-likeness (QED) is 0.712. The van der Waals surface area contributed by atoms with Crippen LogP contribution in [-0.2, 0) is 0 Å². The highest BCUT2D eigenvalue weighted by Gasteiger charge is 2.10. The Balaban J connectivity index is 2.36. The van der Waals surface area contributed by atoms with Crippen LogP contribution in [0.4, 0.5) is 0 Å². The lowest BCUT2D eigenvalue weighted by Crippen LogP contribution is -2.09. The van der Waals surface area contributed by atoms with Crippen molar-refractivity contribution in [1.82, 2.24) is 9.55 Å². The monoisotopic (exact) mass is 200 g/mol. The van der Waals surface area contributed by atoms with Crippen LogP contribution >= 0.6 is 0 Å². The maximum absolute atomic E-state index is 10.7. The van der Waals surface area contributed by atoms with Crippen molar-refractivity contribution < 1.29 is 4.79 Å². The van der Waals surface area contributed by atoms with Crippen molar-refractivity contribution in [2.45, 2.75) is 13.0 Å². The number of carbonyl (C=O) groups excluding carboxylic acids is 1. The zero-order valence-corrected chi connectivity index (χ0v) is 8.50. The van der Waals surface area contributed by atoms with Gasteiger partial charge >= 0.3 is 0 Å². The van der Waals surface area contributed by atoms with Crippen molar-refractivity contribution in [2.75, 3.05) is 0 Å². The summed E-state index contributed by atoms with van der Waals surface area (Å²) in [4.78, 5) is 14.7. The van der Waals surface area contributed by atoms with E-state index in [1.807, 2.05) is 48.0 Å². The van der Waals surface area contributed by atoms with Gasteiger partial charge in [-0.3, -0.25) is 4.79 Å². The van der Waals surface area contributed by atoms with Gasteiger partial charge in [0.05, 0.1) is 6.04 Å². The largest absolute Gasteiger partial charge is 0.322 e. The van der Waals surface area contributed by atoms with Crippen LogP contribution in [0.25, 0.3) is 0 Å². The summed E-state index contributed by atoms with van der Waals surface area (Å²) in [7, 11) is 0. The van der Waals surface area contributed by atoms with Gasteiger partial charge in [-0.1, -0.05) is 30.3 Å². The number of aromatic nitrogens is 2. The van der Waals surface area contributed by atoms with Crippen LogP contribution in [0.15, 0.2) is 42.7 Å². The second kappa shape index (κ2) is 4.09. The van der Waals surface area contributed by atoms with Gasteiger partial charge in [-0.25, -0.2) is 4.98 Å². The van der Waals surface area contributed by atoms with Crippen LogP contribution in [0.5, 0.6) is 0 Å². The minimum absolute atomic E-state index is 0.133. The molecule has 15 heavy (non-hydrogen) atoms. The fraction of sp³-hybridized carbons (Fsp3) is 0.167. The first kappa shape index (κ1) is 9.65. The number of nitrogens with zero attached hydrogens (tertiary/aromatic N) is 2. The summed E-state index contributed by atoms with van der Waals surface area (Å²) < 4.78 is 1.86. The molecule has 0 saturated heterocycles. The molecule has 0 N–H and O–H groups in total. The van der Waals surface area contributed by atoms with E-state index < -0.39 is 0 Å². The molecule has 2 rings (SSSR count). The van der Waals surface area contributed by atoms with Crippen LogP contribution < -0.4 is 0 Å². The fourth-order valence-corrected chi connectivity index (χ4v) is 1.64. The minimum Gasteiger partial charge on any atom is -0.322 e. The molecule has 0 fully saturated rings. The van der Waals surface area contributed by atoms with Gasteiger partial charge in [0, 0.05) is 12.4 Å². The van der Waals surface area contributed by atoms with Crippen molar-refractivity contribution >= 4 is 6.29 Å². The molecule has 1 aromatic heterocycles. The van der Waals surface area contributed by atoms with Gasteiger partial charge in [-0.2, -0.15) is 0 Å². The summed E-state index contributed by atoms with van der Waals surface area (Å²) >= 11 is 0.